The van der Waals surface area contributed by atoms with Crippen molar-refractivity contribution in [3.05, 3.63) is 28.3 Å². The summed E-state index contributed by atoms with van der Waals surface area (Å²) < 4.78 is 5.75. The summed E-state index contributed by atoms with van der Waals surface area (Å²) in [6.45, 7) is 6.71. The van der Waals surface area contributed by atoms with Crippen molar-refractivity contribution in [2.24, 2.45) is 0 Å². The molecular weight excluding hydrogens is 262 g/mol. The summed E-state index contributed by atoms with van der Waals surface area (Å²) in [6, 6.07) is 3.48. The predicted octanol–water partition coefficient (Wildman–Crippen LogP) is 3.37. The first kappa shape index (κ1) is 14.4. The number of aryl methyl sites for hydroxylation is 1. The molecule has 0 spiro atoms. The number of Topliss-reactive ketones (excluding diaryl/α,β-unsaturated/α-hetero) is 1. The number of carbonyl (C=O) groups excluding carboxylic acids is 1. The summed E-state index contributed by atoms with van der Waals surface area (Å²) in [5, 5.41) is 3.83. The van der Waals surface area contributed by atoms with E-state index < -0.39 is 0 Å². The summed E-state index contributed by atoms with van der Waals surface area (Å²) in [4.78, 5) is 12.5. The van der Waals surface area contributed by atoms with Crippen molar-refractivity contribution < 1.29 is 9.53 Å². The van der Waals surface area contributed by atoms with Crippen molar-refractivity contribution in [2.45, 2.75) is 45.8 Å². The highest BCUT2D eigenvalue weighted by Crippen LogP contribution is 2.29. The van der Waals surface area contributed by atoms with Gasteiger partial charge in [0.15, 0.2) is 5.78 Å². The van der Waals surface area contributed by atoms with E-state index in [-0.39, 0.29) is 17.9 Å². The fourth-order valence-electron chi connectivity index (χ4n) is 2.30. The van der Waals surface area contributed by atoms with Gasteiger partial charge >= 0.3 is 0 Å². The van der Waals surface area contributed by atoms with Crippen LogP contribution < -0.4 is 10.1 Å². The molecule has 1 heterocycles. The highest BCUT2D eigenvalue weighted by molar-refractivity contribution is 6.31. The van der Waals surface area contributed by atoms with Gasteiger partial charge in [-0.25, -0.2) is 0 Å². The van der Waals surface area contributed by atoms with Gasteiger partial charge in [0.25, 0.3) is 0 Å². The maximum absolute atomic E-state index is 12.5. The Labute approximate surface area is 119 Å². The minimum Gasteiger partial charge on any atom is -0.490 e. The van der Waals surface area contributed by atoms with E-state index in [1.807, 2.05) is 26.8 Å². The van der Waals surface area contributed by atoms with E-state index in [2.05, 4.69) is 5.32 Å². The summed E-state index contributed by atoms with van der Waals surface area (Å²) in [5.74, 6) is 0.714. The van der Waals surface area contributed by atoms with Crippen molar-refractivity contribution >= 4 is 17.4 Å². The Morgan fingerprint density at radius 1 is 1.47 bits per heavy atom. The van der Waals surface area contributed by atoms with Gasteiger partial charge < -0.3 is 10.1 Å². The van der Waals surface area contributed by atoms with E-state index in [0.29, 0.717) is 16.3 Å². The van der Waals surface area contributed by atoms with Gasteiger partial charge in [0.2, 0.25) is 0 Å². The molecule has 1 saturated heterocycles. The zero-order chi connectivity index (χ0) is 14.0. The van der Waals surface area contributed by atoms with E-state index in [1.54, 1.807) is 6.07 Å². The number of ether oxygens (including phenoxy) is 1. The van der Waals surface area contributed by atoms with Gasteiger partial charge in [0.05, 0.1) is 17.7 Å². The fraction of sp³-hybridized carbons (Fsp3) is 0.533. The monoisotopic (exact) mass is 281 g/mol. The topological polar surface area (TPSA) is 38.3 Å². The van der Waals surface area contributed by atoms with Crippen molar-refractivity contribution in [1.29, 1.82) is 0 Å². The fourth-order valence-corrected chi connectivity index (χ4v) is 2.46. The molecule has 1 atom stereocenters. The molecule has 19 heavy (non-hydrogen) atoms. The minimum absolute atomic E-state index is 0.0312. The van der Waals surface area contributed by atoms with Gasteiger partial charge in [-0.2, -0.15) is 0 Å². The largest absolute Gasteiger partial charge is 0.490 e. The number of halogens is 1. The van der Waals surface area contributed by atoms with E-state index in [9.17, 15) is 4.79 Å². The van der Waals surface area contributed by atoms with Crippen molar-refractivity contribution in [1.82, 2.24) is 5.32 Å². The van der Waals surface area contributed by atoms with Gasteiger partial charge in [-0.15, -0.1) is 0 Å². The molecular formula is C15H20ClNO2. The number of ketones is 1. The van der Waals surface area contributed by atoms with Crippen molar-refractivity contribution in [2.75, 3.05) is 6.54 Å². The first-order chi connectivity index (χ1) is 8.99. The van der Waals surface area contributed by atoms with E-state index in [4.69, 9.17) is 16.3 Å². The lowest BCUT2D eigenvalue weighted by molar-refractivity contribution is 0.0946. The minimum atomic E-state index is -0.103. The third-order valence-electron chi connectivity index (χ3n) is 3.27. The Hall–Kier alpha value is -1.06. The summed E-state index contributed by atoms with van der Waals surface area (Å²) in [7, 11) is 0. The summed E-state index contributed by atoms with van der Waals surface area (Å²) >= 11 is 6.14. The second kappa shape index (κ2) is 5.93. The molecule has 3 nitrogen and oxygen atoms in total. The molecule has 2 rings (SSSR count). The first-order valence-corrected chi connectivity index (χ1v) is 7.11. The number of benzene rings is 1. The Balaban J connectivity index is 2.35. The highest BCUT2D eigenvalue weighted by atomic mass is 35.5. The molecule has 1 aromatic rings. The SMILES string of the molecule is Cc1cc(OC(C)C)c(C(=O)C2CCCN2)cc1Cl. The molecule has 1 aliphatic rings. The van der Waals surface area contributed by atoms with Gasteiger partial charge in [-0.3, -0.25) is 4.79 Å². The molecule has 0 aromatic heterocycles. The molecule has 1 aromatic carbocycles. The quantitative estimate of drug-likeness (QED) is 0.860. The maximum Gasteiger partial charge on any atom is 0.183 e. The Morgan fingerprint density at radius 2 is 2.21 bits per heavy atom. The second-order valence-corrected chi connectivity index (χ2v) is 5.68. The van der Waals surface area contributed by atoms with Gasteiger partial charge in [0, 0.05) is 5.02 Å². The standard InChI is InChI=1S/C15H20ClNO2/c1-9(2)19-14-7-10(3)12(16)8-11(14)15(18)13-5-4-6-17-13/h7-9,13,17H,4-6H2,1-3H3. The van der Waals surface area contributed by atoms with E-state index >= 15 is 0 Å². The number of carbonyl (C=O) groups is 1. The summed E-state index contributed by atoms with van der Waals surface area (Å²) in [5.41, 5.74) is 1.51. The number of hydrogen-bond donors (Lipinski definition) is 1. The van der Waals surface area contributed by atoms with Crippen molar-refractivity contribution in [3.63, 3.8) is 0 Å². The van der Waals surface area contributed by atoms with Crippen LogP contribution in [0.1, 0.15) is 42.6 Å². The zero-order valence-electron chi connectivity index (χ0n) is 11.6. The van der Waals surface area contributed by atoms with Crippen LogP contribution in [0.3, 0.4) is 0 Å². The van der Waals surface area contributed by atoms with Crippen LogP contribution in [0.4, 0.5) is 0 Å². The van der Waals surface area contributed by atoms with Crippen LogP contribution in [0, 0.1) is 6.92 Å². The number of hydrogen-bond acceptors (Lipinski definition) is 3. The van der Waals surface area contributed by atoms with Crippen LogP contribution >= 0.6 is 11.6 Å². The lowest BCUT2D eigenvalue weighted by atomic mass is 10.0. The molecule has 1 unspecified atom stereocenters. The Kier molecular flexibility index (Phi) is 4.48. The molecule has 1 N–H and O–H groups in total. The number of nitrogens with one attached hydrogen (secondary N) is 1. The molecule has 0 radical (unpaired) electrons. The zero-order valence-corrected chi connectivity index (χ0v) is 12.4. The summed E-state index contributed by atoms with van der Waals surface area (Å²) in [6.07, 6.45) is 1.95. The van der Waals surface area contributed by atoms with Gasteiger partial charge in [-0.05, 0) is 57.9 Å². The van der Waals surface area contributed by atoms with Crippen LogP contribution in [0.15, 0.2) is 12.1 Å². The van der Waals surface area contributed by atoms with Crippen LogP contribution in [0.5, 0.6) is 5.75 Å². The van der Waals surface area contributed by atoms with E-state index in [0.717, 1.165) is 24.9 Å². The maximum atomic E-state index is 12.5. The first-order valence-electron chi connectivity index (χ1n) is 6.73. The molecule has 104 valence electrons. The Morgan fingerprint density at radius 3 is 2.79 bits per heavy atom. The van der Waals surface area contributed by atoms with E-state index in [1.165, 1.54) is 0 Å². The second-order valence-electron chi connectivity index (χ2n) is 5.28. The molecule has 0 amide bonds. The number of rotatable bonds is 4. The third kappa shape index (κ3) is 3.28. The highest BCUT2D eigenvalue weighted by Gasteiger charge is 2.26. The average Bonchev–Trinajstić information content (AvgIpc) is 2.85. The molecule has 1 fully saturated rings. The van der Waals surface area contributed by atoms with Gasteiger partial charge in [-0.1, -0.05) is 11.6 Å². The predicted molar refractivity (Wildman–Crippen MR) is 77.3 cm³/mol. The average molecular weight is 282 g/mol. The molecule has 0 bridgehead atoms. The van der Waals surface area contributed by atoms with Crippen LogP contribution in [0.2, 0.25) is 5.02 Å². The van der Waals surface area contributed by atoms with Crippen LogP contribution in [0.25, 0.3) is 0 Å². The molecule has 4 heteroatoms. The Bertz CT molecular complexity index is 479. The molecule has 0 aliphatic carbocycles. The lowest BCUT2D eigenvalue weighted by Gasteiger charge is -2.17. The normalized spacial score (nSPS) is 18.9. The molecule has 0 saturated carbocycles. The van der Waals surface area contributed by atoms with Crippen LogP contribution in [-0.2, 0) is 0 Å². The van der Waals surface area contributed by atoms with Crippen molar-refractivity contribution in [3.8, 4) is 5.75 Å². The molecule has 1 aliphatic heterocycles. The van der Waals surface area contributed by atoms with Crippen LogP contribution in [-0.4, -0.2) is 24.5 Å². The smallest absolute Gasteiger partial charge is 0.183 e. The van der Waals surface area contributed by atoms with Gasteiger partial charge in [0.1, 0.15) is 5.75 Å². The third-order valence-corrected chi connectivity index (χ3v) is 3.67. The lowest BCUT2D eigenvalue weighted by Crippen LogP contribution is -2.31.